The highest BCUT2D eigenvalue weighted by Crippen LogP contribution is 2.22. The second-order valence-electron chi connectivity index (χ2n) is 7.58. The summed E-state index contributed by atoms with van der Waals surface area (Å²) >= 11 is 0. The molecule has 0 radical (unpaired) electrons. The molecule has 3 amide bonds. The first-order valence-corrected chi connectivity index (χ1v) is 9.96. The summed E-state index contributed by atoms with van der Waals surface area (Å²) in [6.45, 7) is 4.21. The van der Waals surface area contributed by atoms with Gasteiger partial charge in [-0.25, -0.2) is 9.18 Å². The Morgan fingerprint density at radius 3 is 2.52 bits per heavy atom. The molecule has 29 heavy (non-hydrogen) atoms. The van der Waals surface area contributed by atoms with Crippen LogP contribution in [-0.2, 0) is 11.3 Å². The third kappa shape index (κ3) is 4.74. The van der Waals surface area contributed by atoms with Gasteiger partial charge in [0.05, 0.1) is 6.04 Å². The molecule has 7 heteroatoms. The summed E-state index contributed by atoms with van der Waals surface area (Å²) < 4.78 is 13.4. The molecule has 2 aliphatic rings. The molecule has 2 heterocycles. The van der Waals surface area contributed by atoms with Crippen molar-refractivity contribution in [1.82, 2.24) is 15.1 Å². The highest BCUT2D eigenvalue weighted by atomic mass is 19.1. The minimum Gasteiger partial charge on any atom is -0.333 e. The predicted octanol–water partition coefficient (Wildman–Crippen LogP) is 2.46. The number of hydrogen-bond acceptors (Lipinski definition) is 3. The second-order valence-corrected chi connectivity index (χ2v) is 7.58. The molecule has 4 rings (SSSR count). The average Bonchev–Trinajstić information content (AvgIpc) is 3.09. The number of hydrogen-bond donors (Lipinski definition) is 1. The van der Waals surface area contributed by atoms with Gasteiger partial charge in [-0.1, -0.05) is 36.4 Å². The van der Waals surface area contributed by atoms with Gasteiger partial charge in [-0.15, -0.1) is 0 Å². The lowest BCUT2D eigenvalue weighted by Crippen LogP contribution is -2.53. The highest BCUT2D eigenvalue weighted by molar-refractivity contribution is 5.96. The molecule has 0 unspecified atom stereocenters. The molecule has 0 bridgehead atoms. The molecule has 6 nitrogen and oxygen atoms in total. The fourth-order valence-corrected chi connectivity index (χ4v) is 3.91. The van der Waals surface area contributed by atoms with Crippen LogP contribution in [0.25, 0.3) is 0 Å². The number of carbonyl (C=O) groups excluding carboxylic acids is 2. The fraction of sp³-hybridized carbons (Fsp3) is 0.364. The van der Waals surface area contributed by atoms with Gasteiger partial charge in [-0.2, -0.15) is 0 Å². The van der Waals surface area contributed by atoms with Gasteiger partial charge in [0.1, 0.15) is 5.82 Å². The van der Waals surface area contributed by atoms with E-state index in [1.807, 2.05) is 18.2 Å². The van der Waals surface area contributed by atoms with Crippen molar-refractivity contribution < 1.29 is 14.0 Å². The molecule has 0 spiro atoms. The average molecular weight is 396 g/mol. The van der Waals surface area contributed by atoms with Gasteiger partial charge in [0, 0.05) is 51.4 Å². The Morgan fingerprint density at radius 2 is 1.79 bits per heavy atom. The standard InChI is InChI=1S/C22H25FN4O2/c23-18-7-4-8-20(13-18)27-16-19(14-21(27)28)24-22(29)26-11-9-25(10-12-26)15-17-5-2-1-3-6-17/h1-8,13,19H,9-12,14-16H2,(H,24,29)/t19-/m1/s1. The van der Waals surface area contributed by atoms with Crippen LogP contribution in [0.15, 0.2) is 54.6 Å². The van der Waals surface area contributed by atoms with E-state index in [0.717, 1.165) is 19.6 Å². The number of benzene rings is 2. The topological polar surface area (TPSA) is 55.9 Å². The molecule has 0 saturated carbocycles. The molecule has 2 saturated heterocycles. The Balaban J connectivity index is 1.26. The summed E-state index contributed by atoms with van der Waals surface area (Å²) in [6, 6.07) is 15.9. The van der Waals surface area contributed by atoms with E-state index in [0.29, 0.717) is 25.3 Å². The first-order chi connectivity index (χ1) is 14.1. The zero-order valence-electron chi connectivity index (χ0n) is 16.3. The smallest absolute Gasteiger partial charge is 0.317 e. The van der Waals surface area contributed by atoms with E-state index >= 15 is 0 Å². The maximum absolute atomic E-state index is 13.4. The largest absolute Gasteiger partial charge is 0.333 e. The number of urea groups is 1. The predicted molar refractivity (Wildman–Crippen MR) is 109 cm³/mol. The van der Waals surface area contributed by atoms with Gasteiger partial charge in [0.15, 0.2) is 0 Å². The van der Waals surface area contributed by atoms with Crippen LogP contribution in [-0.4, -0.2) is 60.5 Å². The summed E-state index contributed by atoms with van der Waals surface area (Å²) in [7, 11) is 0. The number of halogens is 1. The Morgan fingerprint density at radius 1 is 1.03 bits per heavy atom. The van der Waals surface area contributed by atoms with Crippen LogP contribution in [0, 0.1) is 5.82 Å². The zero-order chi connectivity index (χ0) is 20.2. The van der Waals surface area contributed by atoms with Crippen LogP contribution in [0.3, 0.4) is 0 Å². The summed E-state index contributed by atoms with van der Waals surface area (Å²) in [5, 5.41) is 2.97. The molecular weight excluding hydrogens is 371 g/mol. The van der Waals surface area contributed by atoms with Gasteiger partial charge in [0.25, 0.3) is 0 Å². The minimum absolute atomic E-state index is 0.103. The summed E-state index contributed by atoms with van der Waals surface area (Å²) in [5.41, 5.74) is 1.80. The second kappa shape index (κ2) is 8.61. The van der Waals surface area contributed by atoms with Crippen molar-refractivity contribution in [1.29, 1.82) is 0 Å². The van der Waals surface area contributed by atoms with Crippen molar-refractivity contribution in [3.63, 3.8) is 0 Å². The maximum atomic E-state index is 13.4. The number of rotatable bonds is 4. The van der Waals surface area contributed by atoms with Gasteiger partial charge >= 0.3 is 6.03 Å². The van der Waals surface area contributed by atoms with E-state index in [-0.39, 0.29) is 30.2 Å². The summed E-state index contributed by atoms with van der Waals surface area (Å²) in [4.78, 5) is 30.6. The van der Waals surface area contributed by atoms with Crippen molar-refractivity contribution >= 4 is 17.6 Å². The fourth-order valence-electron chi connectivity index (χ4n) is 3.91. The Labute approximate surface area is 169 Å². The van der Waals surface area contributed by atoms with E-state index in [1.165, 1.54) is 22.6 Å². The normalized spacial score (nSPS) is 20.2. The Kier molecular flexibility index (Phi) is 5.76. The van der Waals surface area contributed by atoms with E-state index in [2.05, 4.69) is 22.3 Å². The zero-order valence-corrected chi connectivity index (χ0v) is 16.3. The van der Waals surface area contributed by atoms with Gasteiger partial charge in [0.2, 0.25) is 5.91 Å². The molecule has 152 valence electrons. The van der Waals surface area contributed by atoms with Crippen molar-refractivity contribution in [2.45, 2.75) is 19.0 Å². The lowest BCUT2D eigenvalue weighted by Gasteiger charge is -2.35. The van der Waals surface area contributed by atoms with Crippen LogP contribution in [0.1, 0.15) is 12.0 Å². The number of amides is 3. The molecule has 2 aromatic carbocycles. The molecule has 0 aromatic heterocycles. The Bertz CT molecular complexity index is 868. The summed E-state index contributed by atoms with van der Waals surface area (Å²) in [5.74, 6) is -0.482. The monoisotopic (exact) mass is 396 g/mol. The lowest BCUT2D eigenvalue weighted by molar-refractivity contribution is -0.117. The van der Waals surface area contributed by atoms with Crippen molar-refractivity contribution in [3.05, 3.63) is 66.0 Å². The first-order valence-electron chi connectivity index (χ1n) is 9.96. The molecule has 2 aliphatic heterocycles. The number of piperazine rings is 1. The van der Waals surface area contributed by atoms with Crippen molar-refractivity contribution in [2.75, 3.05) is 37.6 Å². The number of carbonyl (C=O) groups is 2. The van der Waals surface area contributed by atoms with Gasteiger partial charge in [-0.05, 0) is 23.8 Å². The summed E-state index contributed by atoms with van der Waals surface area (Å²) in [6.07, 6.45) is 0.232. The van der Waals surface area contributed by atoms with Crippen LogP contribution in [0.2, 0.25) is 0 Å². The van der Waals surface area contributed by atoms with E-state index in [4.69, 9.17) is 0 Å². The van der Waals surface area contributed by atoms with E-state index in [9.17, 15) is 14.0 Å². The quantitative estimate of drug-likeness (QED) is 0.864. The Hall–Kier alpha value is -2.93. The number of anilines is 1. The third-order valence-corrected chi connectivity index (χ3v) is 5.48. The minimum atomic E-state index is -0.379. The van der Waals surface area contributed by atoms with Crippen LogP contribution < -0.4 is 10.2 Å². The molecular formula is C22H25FN4O2. The molecule has 2 aromatic rings. The van der Waals surface area contributed by atoms with Crippen LogP contribution in [0.4, 0.5) is 14.9 Å². The van der Waals surface area contributed by atoms with Crippen LogP contribution in [0.5, 0.6) is 0 Å². The number of nitrogens with one attached hydrogen (secondary N) is 1. The number of nitrogens with zero attached hydrogens (tertiary/aromatic N) is 3. The van der Waals surface area contributed by atoms with Gasteiger partial charge < -0.3 is 15.1 Å². The molecule has 1 atom stereocenters. The van der Waals surface area contributed by atoms with Crippen molar-refractivity contribution in [2.24, 2.45) is 0 Å². The van der Waals surface area contributed by atoms with E-state index in [1.54, 1.807) is 17.0 Å². The first kappa shape index (κ1) is 19.4. The molecule has 2 fully saturated rings. The van der Waals surface area contributed by atoms with Gasteiger partial charge in [-0.3, -0.25) is 9.69 Å². The highest BCUT2D eigenvalue weighted by Gasteiger charge is 2.33. The third-order valence-electron chi connectivity index (χ3n) is 5.48. The van der Waals surface area contributed by atoms with Crippen LogP contribution >= 0.6 is 0 Å². The molecule has 0 aliphatic carbocycles. The molecule has 1 N–H and O–H groups in total. The van der Waals surface area contributed by atoms with Crippen molar-refractivity contribution in [3.8, 4) is 0 Å². The lowest BCUT2D eigenvalue weighted by atomic mass is 10.2. The SMILES string of the molecule is O=C(N[C@@H]1CC(=O)N(c2cccc(F)c2)C1)N1CCN(Cc2ccccc2)CC1. The maximum Gasteiger partial charge on any atom is 0.317 e. The van der Waals surface area contributed by atoms with E-state index < -0.39 is 0 Å².